The van der Waals surface area contributed by atoms with Crippen LogP contribution in [0.15, 0.2) is 29.1 Å². The molecule has 0 radical (unpaired) electrons. The number of hydrogen-bond donors (Lipinski definition) is 3. The molecule has 0 unspecified atom stereocenters. The van der Waals surface area contributed by atoms with Crippen molar-refractivity contribution in [1.29, 1.82) is 0 Å². The van der Waals surface area contributed by atoms with Gasteiger partial charge in [-0.25, -0.2) is 4.68 Å². The minimum Gasteiger partial charge on any atom is -0.328 e. The predicted octanol–water partition coefficient (Wildman–Crippen LogP) is -0.529. The van der Waals surface area contributed by atoms with Crippen LogP contribution in [0.2, 0.25) is 0 Å². The summed E-state index contributed by atoms with van der Waals surface area (Å²) in [5.74, 6) is 0.772. The van der Waals surface area contributed by atoms with E-state index in [2.05, 4.69) is 54.4 Å². The van der Waals surface area contributed by atoms with Crippen molar-refractivity contribution in [3.63, 3.8) is 0 Å². The number of hydrogen-bond acceptors (Lipinski definition) is 4. The number of aromatic amines is 1. The largest absolute Gasteiger partial charge is 0.328 e. The highest BCUT2D eigenvalue weighted by Gasteiger charge is 2.39. The molecular formula is C22H33N7O+2. The summed E-state index contributed by atoms with van der Waals surface area (Å²) in [6.45, 7) is 12.5. The van der Waals surface area contributed by atoms with Gasteiger partial charge in [-0.3, -0.25) is 4.79 Å². The molecule has 3 aromatic rings. The van der Waals surface area contributed by atoms with Gasteiger partial charge in [0.05, 0.1) is 23.7 Å². The average Bonchev–Trinajstić information content (AvgIpc) is 3.21. The first-order valence-electron chi connectivity index (χ1n) is 10.9. The Kier molecular flexibility index (Phi) is 5.46. The lowest BCUT2D eigenvalue weighted by Gasteiger charge is -2.34. The van der Waals surface area contributed by atoms with Crippen LogP contribution in [0.25, 0.3) is 10.9 Å². The van der Waals surface area contributed by atoms with Gasteiger partial charge in [0.25, 0.3) is 5.56 Å². The van der Waals surface area contributed by atoms with Crippen LogP contribution in [-0.4, -0.2) is 58.4 Å². The second-order valence-corrected chi connectivity index (χ2v) is 9.26. The molecule has 3 N–H and O–H groups in total. The summed E-state index contributed by atoms with van der Waals surface area (Å²) in [5.41, 5.74) is 2.43. The van der Waals surface area contributed by atoms with Crippen molar-refractivity contribution in [3.05, 3.63) is 51.6 Å². The number of likely N-dealkylation sites (N-methyl/N-ethyl adjacent to an activating group) is 1. The van der Waals surface area contributed by atoms with Crippen LogP contribution in [0.3, 0.4) is 0 Å². The van der Waals surface area contributed by atoms with E-state index in [1.165, 1.54) is 9.80 Å². The Morgan fingerprint density at radius 3 is 2.67 bits per heavy atom. The van der Waals surface area contributed by atoms with Gasteiger partial charge in [0, 0.05) is 0 Å². The zero-order valence-corrected chi connectivity index (χ0v) is 18.6. The van der Waals surface area contributed by atoms with Crippen LogP contribution in [-0.2, 0) is 5.54 Å². The molecule has 0 amide bonds. The van der Waals surface area contributed by atoms with Gasteiger partial charge in [0.1, 0.15) is 26.2 Å². The number of pyridine rings is 1. The highest BCUT2D eigenvalue weighted by molar-refractivity contribution is 5.82. The molecule has 1 atom stereocenters. The number of H-pyrrole nitrogens is 1. The van der Waals surface area contributed by atoms with E-state index >= 15 is 0 Å². The Labute approximate surface area is 176 Å². The van der Waals surface area contributed by atoms with E-state index in [1.807, 2.05) is 29.8 Å². The monoisotopic (exact) mass is 411 g/mol. The Morgan fingerprint density at radius 1 is 1.23 bits per heavy atom. The summed E-state index contributed by atoms with van der Waals surface area (Å²) in [5, 5.41) is 13.9. The number of aromatic nitrogens is 5. The fourth-order valence-corrected chi connectivity index (χ4v) is 4.40. The first kappa shape index (κ1) is 20.7. The second-order valence-electron chi connectivity index (χ2n) is 9.26. The van der Waals surface area contributed by atoms with Crippen molar-refractivity contribution >= 4 is 10.9 Å². The van der Waals surface area contributed by atoms with Crippen molar-refractivity contribution in [2.75, 3.05) is 33.2 Å². The number of aryl methyl sites for hydroxylation is 1. The SMILES string of the molecule is CCC(C)(C)n1nnnc1[C@@H](c1cc2cccc(C)c2[nH]c1=O)[NH+]1CC[NH+](C)CC1. The molecule has 0 spiro atoms. The quantitative estimate of drug-likeness (QED) is 0.527. The molecule has 1 aliphatic rings. The second kappa shape index (κ2) is 7.92. The molecule has 1 aliphatic heterocycles. The third kappa shape index (κ3) is 3.65. The number of fused-ring (bicyclic) bond motifs is 1. The molecule has 3 heterocycles. The molecular weight excluding hydrogens is 378 g/mol. The number of benzene rings is 1. The molecule has 0 bridgehead atoms. The van der Waals surface area contributed by atoms with Crippen molar-refractivity contribution in [2.45, 2.75) is 45.7 Å². The van der Waals surface area contributed by atoms with Crippen LogP contribution >= 0.6 is 0 Å². The van der Waals surface area contributed by atoms with Crippen molar-refractivity contribution < 1.29 is 9.80 Å². The predicted molar refractivity (Wildman–Crippen MR) is 116 cm³/mol. The van der Waals surface area contributed by atoms with E-state index in [-0.39, 0.29) is 17.1 Å². The van der Waals surface area contributed by atoms with Crippen molar-refractivity contribution in [2.24, 2.45) is 0 Å². The zero-order chi connectivity index (χ0) is 21.5. The Balaban J connectivity index is 1.90. The summed E-state index contributed by atoms with van der Waals surface area (Å²) in [7, 11) is 2.22. The normalized spacial score (nSPS) is 21.1. The van der Waals surface area contributed by atoms with Gasteiger partial charge in [-0.05, 0) is 54.6 Å². The average molecular weight is 412 g/mol. The molecule has 0 saturated carbocycles. The Hall–Kier alpha value is -2.58. The van der Waals surface area contributed by atoms with Gasteiger partial charge in [-0.2, -0.15) is 0 Å². The van der Waals surface area contributed by atoms with Gasteiger partial charge in [-0.15, -0.1) is 5.10 Å². The summed E-state index contributed by atoms with van der Waals surface area (Å²) >= 11 is 0. The number of para-hydroxylation sites is 1. The van der Waals surface area contributed by atoms with Gasteiger partial charge in [-0.1, -0.05) is 25.1 Å². The fourth-order valence-electron chi connectivity index (χ4n) is 4.40. The minimum atomic E-state index is -0.228. The zero-order valence-electron chi connectivity index (χ0n) is 18.6. The van der Waals surface area contributed by atoms with E-state index < -0.39 is 0 Å². The molecule has 1 aromatic carbocycles. The fraction of sp³-hybridized carbons (Fsp3) is 0.545. The molecule has 8 nitrogen and oxygen atoms in total. The smallest absolute Gasteiger partial charge is 0.258 e. The number of quaternary nitrogens is 2. The summed E-state index contributed by atoms with van der Waals surface area (Å²) in [6.07, 6.45) is 0.896. The Morgan fingerprint density at radius 2 is 1.97 bits per heavy atom. The molecule has 30 heavy (non-hydrogen) atoms. The van der Waals surface area contributed by atoms with Crippen LogP contribution in [0.4, 0.5) is 0 Å². The molecule has 160 valence electrons. The summed E-state index contributed by atoms with van der Waals surface area (Å²) < 4.78 is 1.93. The molecule has 4 rings (SSSR count). The van der Waals surface area contributed by atoms with E-state index in [9.17, 15) is 4.79 Å². The van der Waals surface area contributed by atoms with Gasteiger partial charge < -0.3 is 14.8 Å². The van der Waals surface area contributed by atoms with Crippen LogP contribution < -0.4 is 15.4 Å². The maximum Gasteiger partial charge on any atom is 0.258 e. The highest BCUT2D eigenvalue weighted by atomic mass is 16.1. The molecule has 2 aromatic heterocycles. The lowest BCUT2D eigenvalue weighted by atomic mass is 9.98. The number of tetrazole rings is 1. The first-order chi connectivity index (χ1) is 14.3. The topological polar surface area (TPSA) is 85.3 Å². The lowest BCUT2D eigenvalue weighted by molar-refractivity contribution is -1.02. The summed E-state index contributed by atoms with van der Waals surface area (Å²) in [4.78, 5) is 19.3. The van der Waals surface area contributed by atoms with Crippen LogP contribution in [0.1, 0.15) is 50.2 Å². The van der Waals surface area contributed by atoms with Gasteiger partial charge in [0.2, 0.25) is 5.82 Å². The minimum absolute atomic E-state index is 0.0515. The maximum absolute atomic E-state index is 13.3. The molecule has 1 saturated heterocycles. The number of rotatable bonds is 5. The van der Waals surface area contributed by atoms with E-state index in [1.54, 1.807) is 0 Å². The third-order valence-corrected chi connectivity index (χ3v) is 6.77. The molecule has 0 aliphatic carbocycles. The Bertz CT molecular complexity index is 1090. The standard InChI is InChI=1S/C22H31N7O/c1-6-22(3,4)29-20(24-25-26-29)19(28-12-10-27(5)11-13-28)17-14-16-9-7-8-15(2)18(16)23-21(17)30/h7-9,14,19H,6,10-13H2,1-5H3,(H,23,30)/p+2/t19-/m1/s1. The van der Waals surface area contributed by atoms with Gasteiger partial charge >= 0.3 is 0 Å². The first-order valence-corrected chi connectivity index (χ1v) is 10.9. The van der Waals surface area contributed by atoms with E-state index in [4.69, 9.17) is 0 Å². The number of nitrogens with one attached hydrogen (secondary N) is 3. The summed E-state index contributed by atoms with van der Waals surface area (Å²) in [6, 6.07) is 7.95. The molecule has 1 fully saturated rings. The number of nitrogens with zero attached hydrogens (tertiary/aromatic N) is 4. The highest BCUT2D eigenvalue weighted by Crippen LogP contribution is 2.25. The van der Waals surface area contributed by atoms with Crippen LogP contribution in [0, 0.1) is 6.92 Å². The third-order valence-electron chi connectivity index (χ3n) is 6.77. The maximum atomic E-state index is 13.3. The van der Waals surface area contributed by atoms with Crippen molar-refractivity contribution in [1.82, 2.24) is 25.2 Å². The van der Waals surface area contributed by atoms with E-state index in [0.717, 1.165) is 60.5 Å². The van der Waals surface area contributed by atoms with Gasteiger partial charge in [0.15, 0.2) is 6.04 Å². The number of piperazine rings is 1. The lowest BCUT2D eigenvalue weighted by Crippen LogP contribution is -3.27. The molecule has 8 heteroatoms. The van der Waals surface area contributed by atoms with Crippen molar-refractivity contribution in [3.8, 4) is 0 Å². The van der Waals surface area contributed by atoms with Crippen LogP contribution in [0.5, 0.6) is 0 Å². The van der Waals surface area contributed by atoms with E-state index in [0.29, 0.717) is 0 Å².